The molecule has 5 atom stereocenters. The van der Waals surface area contributed by atoms with Crippen LogP contribution in [0.25, 0.3) is 0 Å². The lowest BCUT2D eigenvalue weighted by molar-refractivity contribution is -0.157. The summed E-state index contributed by atoms with van der Waals surface area (Å²) in [5, 5.41) is 0. The molecule has 554 valence electrons. The Kier molecular flexibility index (Phi) is 55.4. The molecule has 0 aliphatic carbocycles. The molecule has 0 saturated carbocycles. The Morgan fingerprint density at radius 3 is 0.867 bits per heavy atom. The van der Waals surface area contributed by atoms with Gasteiger partial charge in [-0.05, 0) is 88.5 Å². The minimum absolute atomic E-state index is 0.195. The molecule has 98 heavy (non-hydrogen) atoms. The average Bonchev–Trinajstić information content (AvgIpc) is 1.06. The normalized spacial score (nSPS) is 12.9. The number of piperidine rings is 1. The molecule has 0 bridgehead atoms. The molecule has 1 unspecified atom stereocenters. The van der Waals surface area contributed by atoms with Gasteiger partial charge in [-0.15, -0.1) is 0 Å². The highest BCUT2D eigenvalue weighted by atomic mass is 16.6. The van der Waals surface area contributed by atoms with Gasteiger partial charge in [0.05, 0.1) is 55.4 Å². The van der Waals surface area contributed by atoms with Crippen LogP contribution in [0.2, 0.25) is 0 Å². The molecule has 1 aliphatic rings. The Bertz CT molecular complexity index is 2620. The molecule has 0 aromatic carbocycles. The summed E-state index contributed by atoms with van der Waals surface area (Å²) >= 11 is 0. The lowest BCUT2D eigenvalue weighted by Gasteiger charge is -2.28. The first kappa shape index (κ1) is 94.5. The van der Waals surface area contributed by atoms with Gasteiger partial charge in [0.1, 0.15) is 6.54 Å². The van der Waals surface area contributed by atoms with Crippen LogP contribution >= 0.6 is 0 Å². The zero-order valence-electron chi connectivity index (χ0n) is 59.3. The second-order valence-electron chi connectivity index (χ2n) is 19.4. The molecule has 34 heteroatoms. The number of nitrogens with zero attached hydrogens (tertiary/aromatic N) is 5. The summed E-state index contributed by atoms with van der Waals surface area (Å²) < 4.78 is 60.6. The van der Waals surface area contributed by atoms with Crippen LogP contribution in [-0.2, 0) is 138 Å². The summed E-state index contributed by atoms with van der Waals surface area (Å²) in [5.74, 6) is -9.49. The van der Waals surface area contributed by atoms with Crippen molar-refractivity contribution < 1.29 is 138 Å². The van der Waals surface area contributed by atoms with Crippen LogP contribution in [0.4, 0.5) is 0 Å². The van der Waals surface area contributed by atoms with Crippen molar-refractivity contribution >= 4 is 95.2 Å². The monoisotopic (exact) mass is 1400 g/mol. The van der Waals surface area contributed by atoms with Gasteiger partial charge in [-0.1, -0.05) is 0 Å². The van der Waals surface area contributed by atoms with Crippen molar-refractivity contribution in [3.05, 3.63) is 60.8 Å². The van der Waals surface area contributed by atoms with Crippen molar-refractivity contribution in [2.75, 3.05) is 136 Å². The van der Waals surface area contributed by atoms with Gasteiger partial charge in [0.15, 0.2) is 30.5 Å². The largest absolute Gasteiger partial charge is 0.466 e. The number of carbonyl (C=O) groups excluding carboxylic acids is 16. The number of esters is 11. The van der Waals surface area contributed by atoms with Crippen LogP contribution in [0.1, 0.15) is 88.5 Å². The van der Waals surface area contributed by atoms with Crippen LogP contribution in [0.15, 0.2) is 60.8 Å². The molecule has 1 saturated heterocycles. The third kappa shape index (κ3) is 46.3. The molecule has 1 fully saturated rings. The quantitative estimate of drug-likeness (QED) is 0.0505. The molecule has 0 radical (unpaired) electrons. The predicted molar refractivity (Wildman–Crippen MR) is 344 cm³/mol. The summed E-state index contributed by atoms with van der Waals surface area (Å²) in [6, 6.07) is 0. The van der Waals surface area contributed by atoms with Crippen LogP contribution in [0.5, 0.6) is 0 Å². The molecule has 0 N–H and O–H groups in total. The number of amides is 5. The molecular formula is C64H99N5O29. The van der Waals surface area contributed by atoms with Gasteiger partial charge in [-0.25, -0.2) is 47.9 Å². The van der Waals surface area contributed by atoms with E-state index in [1.54, 1.807) is 21.6 Å². The van der Waals surface area contributed by atoms with Crippen molar-refractivity contribution in [3.63, 3.8) is 0 Å². The molecule has 0 spiro atoms. The van der Waals surface area contributed by atoms with E-state index in [9.17, 15) is 76.7 Å². The first-order valence-electron chi connectivity index (χ1n) is 30.6. The van der Waals surface area contributed by atoms with Gasteiger partial charge < -0.3 is 86.1 Å². The number of hydrogen-bond acceptors (Lipinski definition) is 29. The number of rotatable bonds is 33. The third-order valence-electron chi connectivity index (χ3n) is 12.3. The Hall–Kier alpha value is -9.86. The van der Waals surface area contributed by atoms with Crippen molar-refractivity contribution in [1.82, 2.24) is 24.5 Å². The Labute approximate surface area is 571 Å². The molecule has 0 aromatic heterocycles. The molecule has 1 heterocycles. The predicted octanol–water partition coefficient (Wildman–Crippen LogP) is 1.13. The number of likely N-dealkylation sites (tertiary alicyclic amines) is 1. The van der Waals surface area contributed by atoms with Gasteiger partial charge in [-0.3, -0.25) is 28.8 Å². The van der Waals surface area contributed by atoms with Gasteiger partial charge in [-0.2, -0.15) is 0 Å². The van der Waals surface area contributed by atoms with E-state index in [0.29, 0.717) is 65.6 Å². The highest BCUT2D eigenvalue weighted by molar-refractivity contribution is 5.96. The molecule has 0 aromatic rings. The van der Waals surface area contributed by atoms with Crippen LogP contribution < -0.4 is 0 Å². The smallest absolute Gasteiger partial charge is 0.331 e. The zero-order chi connectivity index (χ0) is 75.9. The number of hydrogen-bond donors (Lipinski definition) is 0. The van der Waals surface area contributed by atoms with E-state index in [4.69, 9.17) is 37.9 Å². The maximum Gasteiger partial charge on any atom is 0.331 e. The van der Waals surface area contributed by atoms with Gasteiger partial charge in [0.25, 0.3) is 29.5 Å². The maximum atomic E-state index is 12.2. The molecule has 34 nitrogen and oxygen atoms in total. The highest BCUT2D eigenvalue weighted by Gasteiger charge is 2.27. The van der Waals surface area contributed by atoms with Crippen molar-refractivity contribution in [3.8, 4) is 0 Å². The van der Waals surface area contributed by atoms with Crippen molar-refractivity contribution in [2.45, 2.75) is 119 Å². The van der Waals surface area contributed by atoms with Crippen LogP contribution in [0.3, 0.4) is 0 Å². The number of methoxy groups -OCH3 is 7. The second kappa shape index (κ2) is 57.4. The summed E-state index contributed by atoms with van der Waals surface area (Å²) in [4.78, 5) is 189. The van der Waals surface area contributed by atoms with Crippen molar-refractivity contribution in [1.29, 1.82) is 0 Å². The van der Waals surface area contributed by atoms with E-state index in [2.05, 4.69) is 23.7 Å². The average molecular weight is 1400 g/mol. The Morgan fingerprint density at radius 1 is 0.357 bits per heavy atom. The van der Waals surface area contributed by atoms with E-state index in [0.717, 1.165) is 92.0 Å². The van der Waals surface area contributed by atoms with Crippen LogP contribution in [-0.4, -0.2) is 286 Å². The fourth-order valence-corrected chi connectivity index (χ4v) is 7.08. The fourth-order valence-electron chi connectivity index (χ4n) is 7.08. The topological polar surface area (TPSA) is 409 Å². The maximum absolute atomic E-state index is 12.2. The lowest BCUT2D eigenvalue weighted by atomic mass is 10.1. The lowest BCUT2D eigenvalue weighted by Crippen LogP contribution is -2.43. The Morgan fingerprint density at radius 2 is 0.612 bits per heavy atom. The van der Waals surface area contributed by atoms with Gasteiger partial charge in [0.2, 0.25) is 0 Å². The fraction of sp³-hybridized carbons (Fsp3) is 0.594. The van der Waals surface area contributed by atoms with E-state index < -0.39 is 102 Å². The van der Waals surface area contributed by atoms with Crippen molar-refractivity contribution in [2.24, 2.45) is 0 Å². The Balaban J connectivity index is -0.000000565. The molecule has 5 amide bonds. The summed E-state index contributed by atoms with van der Waals surface area (Å²) in [6.45, 7) is 21.4. The zero-order valence-corrected chi connectivity index (χ0v) is 59.3. The number of ether oxygens (including phenoxy) is 13. The van der Waals surface area contributed by atoms with Gasteiger partial charge >= 0.3 is 65.7 Å². The summed E-state index contributed by atoms with van der Waals surface area (Å²) in [5.41, 5.74) is 0. The molecule has 1 aliphatic heterocycles. The summed E-state index contributed by atoms with van der Waals surface area (Å²) in [6.07, 6.45) is 7.62. The standard InChI is InChI=1S/C14H23NO7.C13H19NO7.C13H19NO5.2C12H19NO5/c1-11(22-13(17)6-5-12(16)21-4)14(18)15(7-9-19-2)8-10-20-3;1-5-20-12(17)8-14(3)13(18)9(2)21-11(16)7-6-10(15)19-4;1-10(13(17)14-8-4-3-5-9-14)19-12(16)7-6-11(15)18-2;2*1-5-13(6-2)12(16)9(3)18-11(15)8-7-10(14)17-4/h5-6,11H,7-10H2,1-4H3;6-7,9H,5,8H2,1-4H3;6-7,10H,3-5,8-9H2,1-2H3;2*7-9H,5-6H2,1-4H3/b6-5+;2*7-6+;2*8-7+/t11-;;10-;2*9-/m0.010/s1. The second-order valence-corrected chi connectivity index (χ2v) is 19.4. The third-order valence-corrected chi connectivity index (χ3v) is 12.3. The first-order valence-corrected chi connectivity index (χ1v) is 30.6. The highest BCUT2D eigenvalue weighted by Crippen LogP contribution is 2.12. The SMILES string of the molecule is CCN(CC)C(=O)[C@@H](C)OC(=O)/C=C/C(=O)OC.CCN(CC)C(=O)[C@H](C)OC(=O)/C=C/C(=O)OC.CCOC(=O)CN(C)C(=O)C(C)OC(=O)/C=C/C(=O)OC.COC(=O)/C=C/C(=O)O[C@@H](C)C(=O)N1CCCCC1.COCCN(CCOC)C(=O)[C@H](C)OC(=O)/C=C/C(=O)OC. The first-order chi connectivity index (χ1) is 46.2. The van der Waals surface area contributed by atoms with E-state index in [1.165, 1.54) is 89.2 Å². The van der Waals surface area contributed by atoms with E-state index in [1.807, 2.05) is 27.7 Å². The number of carbonyl (C=O) groups is 16. The molecular weight excluding hydrogens is 1300 g/mol. The minimum Gasteiger partial charge on any atom is -0.466 e. The van der Waals surface area contributed by atoms with E-state index >= 15 is 0 Å². The molecule has 1 rings (SSSR count). The van der Waals surface area contributed by atoms with Gasteiger partial charge in [0, 0.05) is 134 Å². The summed E-state index contributed by atoms with van der Waals surface area (Å²) in [7, 11) is 10.4. The number of likely N-dealkylation sites (N-methyl/N-ethyl adjacent to an activating group) is 3. The van der Waals surface area contributed by atoms with E-state index in [-0.39, 0.29) is 36.8 Å². The minimum atomic E-state index is -1.10. The van der Waals surface area contributed by atoms with Crippen LogP contribution in [0, 0.1) is 0 Å².